The van der Waals surface area contributed by atoms with Crippen LogP contribution in [0.25, 0.3) is 10.9 Å². The number of hydrogen-bond donors (Lipinski definition) is 1. The Balaban J connectivity index is 1.59. The molecule has 7 heteroatoms. The molecule has 0 spiro atoms. The lowest BCUT2D eigenvalue weighted by Gasteiger charge is -2.27. The molecule has 0 radical (unpaired) electrons. The molecule has 4 rings (SSSR count). The second-order valence-electron chi connectivity index (χ2n) is 7.36. The number of aliphatic hydroxyl groups is 1. The molecule has 1 aromatic heterocycles. The Hall–Kier alpha value is -2.15. The highest BCUT2D eigenvalue weighted by Gasteiger charge is 2.26. The van der Waals surface area contributed by atoms with Crippen molar-refractivity contribution in [2.75, 3.05) is 13.2 Å². The lowest BCUT2D eigenvalue weighted by Crippen LogP contribution is -2.20. The summed E-state index contributed by atoms with van der Waals surface area (Å²) in [5.74, 6) is 1.25. The molecule has 2 aliphatic carbocycles. The van der Waals surface area contributed by atoms with Gasteiger partial charge in [-0.25, -0.2) is 0 Å². The van der Waals surface area contributed by atoms with Crippen LogP contribution in [-0.2, 0) is 0 Å². The van der Waals surface area contributed by atoms with Crippen LogP contribution in [0.5, 0.6) is 5.75 Å². The van der Waals surface area contributed by atoms with Crippen molar-refractivity contribution < 1.29 is 14.8 Å². The largest absolute Gasteiger partial charge is 0.486 e. The third-order valence-corrected chi connectivity index (χ3v) is 5.42. The number of benzene rings is 1. The van der Waals surface area contributed by atoms with Gasteiger partial charge in [-0.05, 0) is 50.4 Å². The highest BCUT2D eigenvalue weighted by Crippen LogP contribution is 2.37. The summed E-state index contributed by atoms with van der Waals surface area (Å²) in [4.78, 5) is 11.0. The van der Waals surface area contributed by atoms with E-state index in [0.717, 1.165) is 49.4 Å². The van der Waals surface area contributed by atoms with Gasteiger partial charge in [0.25, 0.3) is 0 Å². The average molecular weight is 345 g/mol. The van der Waals surface area contributed by atoms with Crippen molar-refractivity contribution in [3.63, 3.8) is 0 Å². The van der Waals surface area contributed by atoms with Crippen LogP contribution in [0.1, 0.15) is 44.6 Å². The zero-order valence-corrected chi connectivity index (χ0v) is 14.1. The van der Waals surface area contributed by atoms with Crippen molar-refractivity contribution in [3.8, 4) is 5.75 Å². The molecule has 0 atom stereocenters. The molecule has 0 saturated heterocycles. The zero-order chi connectivity index (χ0) is 17.4. The summed E-state index contributed by atoms with van der Waals surface area (Å²) in [6.45, 7) is 0.792. The summed E-state index contributed by atoms with van der Waals surface area (Å²) in [7, 11) is 0. The molecule has 1 heterocycles. The van der Waals surface area contributed by atoms with E-state index in [-0.39, 0.29) is 17.2 Å². The summed E-state index contributed by atoms with van der Waals surface area (Å²) < 4.78 is 7.63. The van der Waals surface area contributed by atoms with E-state index >= 15 is 0 Å². The van der Waals surface area contributed by atoms with Gasteiger partial charge in [-0.15, -0.1) is 0 Å². The first kappa shape index (κ1) is 16.3. The van der Waals surface area contributed by atoms with Crippen LogP contribution < -0.4 is 4.74 Å². The van der Waals surface area contributed by atoms with Crippen molar-refractivity contribution in [1.29, 1.82) is 0 Å². The molecule has 2 saturated carbocycles. The maximum atomic E-state index is 11.4. The molecule has 2 aliphatic rings. The molecule has 0 aliphatic heterocycles. The van der Waals surface area contributed by atoms with Crippen molar-refractivity contribution in [2.24, 2.45) is 11.8 Å². The quantitative estimate of drug-likeness (QED) is 0.639. The molecule has 1 aromatic carbocycles. The second-order valence-corrected chi connectivity index (χ2v) is 7.36. The summed E-state index contributed by atoms with van der Waals surface area (Å²) in [6, 6.07) is 3.57. The van der Waals surface area contributed by atoms with E-state index in [9.17, 15) is 15.2 Å². The molecule has 0 bridgehead atoms. The Morgan fingerprint density at radius 1 is 1.20 bits per heavy atom. The summed E-state index contributed by atoms with van der Waals surface area (Å²) in [6.07, 6.45) is 8.12. The minimum atomic E-state index is -0.383. The summed E-state index contributed by atoms with van der Waals surface area (Å²) in [5.41, 5.74) is 0.748. The van der Waals surface area contributed by atoms with Crippen LogP contribution in [-0.4, -0.2) is 33.0 Å². The van der Waals surface area contributed by atoms with Crippen molar-refractivity contribution in [1.82, 2.24) is 9.78 Å². The molecular formula is C18H23N3O4. The van der Waals surface area contributed by atoms with E-state index in [1.54, 1.807) is 12.1 Å². The lowest BCUT2D eigenvalue weighted by molar-refractivity contribution is -0.385. The van der Waals surface area contributed by atoms with Crippen LogP contribution in [0.3, 0.4) is 0 Å². The number of nitro groups is 1. The molecule has 2 fully saturated rings. The molecule has 25 heavy (non-hydrogen) atoms. The van der Waals surface area contributed by atoms with Crippen LogP contribution >= 0.6 is 0 Å². The number of aromatic nitrogens is 2. The monoisotopic (exact) mass is 345 g/mol. The predicted octanol–water partition coefficient (Wildman–Crippen LogP) is 3.46. The van der Waals surface area contributed by atoms with Gasteiger partial charge >= 0.3 is 5.69 Å². The predicted molar refractivity (Wildman–Crippen MR) is 92.7 cm³/mol. The van der Waals surface area contributed by atoms with E-state index in [4.69, 9.17) is 4.74 Å². The topological polar surface area (TPSA) is 90.4 Å². The van der Waals surface area contributed by atoms with Crippen molar-refractivity contribution in [3.05, 3.63) is 28.4 Å². The summed E-state index contributed by atoms with van der Waals surface area (Å²) in [5, 5.41) is 26.1. The van der Waals surface area contributed by atoms with Crippen LogP contribution in [0.15, 0.2) is 18.3 Å². The Labute approximate surface area is 145 Å². The normalized spacial score (nSPS) is 23.7. The standard InChI is InChI=1S/C18H23N3O4/c22-10-12-3-5-15(6-4-12)20-9-14-7-17(21(23)24)18(8-16(14)19-20)25-11-13-1-2-13/h7-9,12-13,15,22H,1-6,10-11H2. The van der Waals surface area contributed by atoms with Crippen LogP contribution in [0.4, 0.5) is 5.69 Å². The molecule has 0 unspecified atom stereocenters. The maximum absolute atomic E-state index is 11.4. The molecule has 0 amide bonds. The number of nitrogens with zero attached hydrogens (tertiary/aromatic N) is 3. The van der Waals surface area contributed by atoms with Gasteiger partial charge in [0.15, 0.2) is 5.75 Å². The zero-order valence-electron chi connectivity index (χ0n) is 14.1. The number of nitro benzene ring substituents is 1. The lowest BCUT2D eigenvalue weighted by atomic mass is 9.87. The average Bonchev–Trinajstić information content (AvgIpc) is 3.36. The first-order valence-corrected chi connectivity index (χ1v) is 9.05. The van der Waals surface area contributed by atoms with Gasteiger partial charge in [-0.3, -0.25) is 14.8 Å². The van der Waals surface area contributed by atoms with E-state index in [2.05, 4.69) is 5.10 Å². The third kappa shape index (κ3) is 3.46. The minimum Gasteiger partial charge on any atom is -0.486 e. The SMILES string of the molecule is O=[N+]([O-])c1cc2cn(C3CCC(CO)CC3)nc2cc1OCC1CC1. The highest BCUT2D eigenvalue weighted by molar-refractivity contribution is 5.83. The van der Waals surface area contributed by atoms with Crippen molar-refractivity contribution >= 4 is 16.6 Å². The molecular weight excluding hydrogens is 322 g/mol. The fraction of sp³-hybridized carbons (Fsp3) is 0.611. The van der Waals surface area contributed by atoms with Gasteiger partial charge in [0.1, 0.15) is 0 Å². The molecule has 2 aromatic rings. The fourth-order valence-electron chi connectivity index (χ4n) is 3.59. The Morgan fingerprint density at radius 2 is 1.92 bits per heavy atom. The smallest absolute Gasteiger partial charge is 0.311 e. The van der Waals surface area contributed by atoms with Crippen LogP contribution in [0, 0.1) is 22.0 Å². The second kappa shape index (κ2) is 6.63. The third-order valence-electron chi connectivity index (χ3n) is 5.42. The molecule has 134 valence electrons. The van der Waals surface area contributed by atoms with E-state index < -0.39 is 0 Å². The minimum absolute atomic E-state index is 0.0108. The van der Waals surface area contributed by atoms with Gasteiger partial charge in [-0.1, -0.05) is 0 Å². The Bertz CT molecular complexity index is 776. The van der Waals surface area contributed by atoms with Gasteiger partial charge in [0, 0.05) is 30.3 Å². The first-order valence-electron chi connectivity index (χ1n) is 9.05. The number of fused-ring (bicyclic) bond motifs is 1. The fourth-order valence-corrected chi connectivity index (χ4v) is 3.59. The van der Waals surface area contributed by atoms with Gasteiger partial charge < -0.3 is 9.84 Å². The van der Waals surface area contributed by atoms with Crippen LogP contribution in [0.2, 0.25) is 0 Å². The Kier molecular flexibility index (Phi) is 4.33. The van der Waals surface area contributed by atoms with Gasteiger partial charge in [0.2, 0.25) is 0 Å². The van der Waals surface area contributed by atoms with Gasteiger partial charge in [-0.2, -0.15) is 5.10 Å². The maximum Gasteiger partial charge on any atom is 0.311 e. The summed E-state index contributed by atoms with van der Waals surface area (Å²) >= 11 is 0. The van der Waals surface area contributed by atoms with Gasteiger partial charge in [0.05, 0.1) is 23.1 Å². The highest BCUT2D eigenvalue weighted by atomic mass is 16.6. The van der Waals surface area contributed by atoms with E-state index in [1.165, 1.54) is 0 Å². The first-order chi connectivity index (χ1) is 12.1. The number of aliphatic hydroxyl groups excluding tert-OH is 1. The van der Waals surface area contributed by atoms with Crippen molar-refractivity contribution in [2.45, 2.75) is 44.6 Å². The number of rotatable bonds is 6. The van der Waals surface area contributed by atoms with E-state index in [0.29, 0.717) is 30.2 Å². The Morgan fingerprint density at radius 3 is 2.56 bits per heavy atom. The number of ether oxygens (including phenoxy) is 1. The molecule has 7 nitrogen and oxygen atoms in total. The number of hydrogen-bond acceptors (Lipinski definition) is 5. The molecule has 1 N–H and O–H groups in total. The van der Waals surface area contributed by atoms with E-state index in [1.807, 2.05) is 10.9 Å².